The molecule has 2 atom stereocenters. The Labute approximate surface area is 155 Å². The lowest BCUT2D eigenvalue weighted by atomic mass is 10.1. The first-order chi connectivity index (χ1) is 12.0. The van der Waals surface area contributed by atoms with Gasteiger partial charge in [0.1, 0.15) is 6.54 Å². The molecule has 2 heterocycles. The molecule has 3 rings (SSSR count). The number of hydrogen-bond donors (Lipinski definition) is 1. The van der Waals surface area contributed by atoms with Gasteiger partial charge in [-0.3, -0.25) is 4.79 Å². The summed E-state index contributed by atoms with van der Waals surface area (Å²) in [7, 11) is 1.43. The van der Waals surface area contributed by atoms with Crippen LogP contribution in [0.15, 0.2) is 18.2 Å². The van der Waals surface area contributed by atoms with Crippen LogP contribution in [0.5, 0.6) is 0 Å². The van der Waals surface area contributed by atoms with Crippen molar-refractivity contribution < 1.29 is 14.4 Å². The number of aryl methyl sites for hydroxylation is 2. The van der Waals surface area contributed by atoms with Crippen molar-refractivity contribution in [3.8, 4) is 5.69 Å². The molecule has 1 aliphatic heterocycles. The van der Waals surface area contributed by atoms with Crippen molar-refractivity contribution in [1.29, 1.82) is 0 Å². The Bertz CT molecular complexity index is 832. The zero-order chi connectivity index (χ0) is 18.0. The summed E-state index contributed by atoms with van der Waals surface area (Å²) in [6.07, 6.45) is 0. The molecule has 1 unspecified atom stereocenters. The fraction of sp³-hybridized carbons (Fsp3) is 0.500. The van der Waals surface area contributed by atoms with Crippen LogP contribution < -0.4 is 4.90 Å². The van der Waals surface area contributed by atoms with E-state index in [4.69, 9.17) is 17.0 Å². The van der Waals surface area contributed by atoms with Crippen LogP contribution in [0.1, 0.15) is 11.1 Å². The van der Waals surface area contributed by atoms with Gasteiger partial charge >= 0.3 is 5.97 Å². The molecule has 134 valence electrons. The molecule has 0 bridgehead atoms. The average Bonchev–Trinajstić information content (AvgIpc) is 2.97. The second-order valence-electron chi connectivity index (χ2n) is 6.19. The monoisotopic (exact) mass is 380 g/mol. The molecular weight excluding hydrogens is 358 g/mol. The SMILES string of the molecule is COC(=O)[C@@H]1C[NH+](Cn2nnn(-c3ccc(C)c(C)c3)c2=S)CCS1. The maximum atomic E-state index is 11.8. The Morgan fingerprint density at radius 2 is 2.20 bits per heavy atom. The van der Waals surface area contributed by atoms with E-state index in [1.165, 1.54) is 23.1 Å². The number of tetrazole rings is 1. The highest BCUT2D eigenvalue weighted by Crippen LogP contribution is 2.14. The van der Waals surface area contributed by atoms with Crippen LogP contribution in [-0.2, 0) is 16.2 Å². The van der Waals surface area contributed by atoms with E-state index < -0.39 is 0 Å². The first-order valence-corrected chi connectivity index (χ1v) is 9.58. The molecule has 0 saturated carbocycles. The van der Waals surface area contributed by atoms with Gasteiger partial charge in [-0.2, -0.15) is 9.36 Å². The van der Waals surface area contributed by atoms with E-state index in [0.29, 0.717) is 18.0 Å². The summed E-state index contributed by atoms with van der Waals surface area (Å²) < 4.78 is 8.83. The summed E-state index contributed by atoms with van der Waals surface area (Å²) in [5, 5.41) is 8.29. The molecule has 0 radical (unpaired) electrons. The molecule has 1 aliphatic rings. The number of nitrogens with zero attached hydrogens (tertiary/aromatic N) is 4. The van der Waals surface area contributed by atoms with Crippen LogP contribution in [0.25, 0.3) is 5.69 Å². The van der Waals surface area contributed by atoms with Gasteiger partial charge < -0.3 is 9.64 Å². The summed E-state index contributed by atoms with van der Waals surface area (Å²) in [5.41, 5.74) is 3.33. The lowest BCUT2D eigenvalue weighted by molar-refractivity contribution is -0.921. The quantitative estimate of drug-likeness (QED) is 0.617. The van der Waals surface area contributed by atoms with Crippen LogP contribution in [-0.4, -0.2) is 57.0 Å². The fourth-order valence-electron chi connectivity index (χ4n) is 2.80. The minimum Gasteiger partial charge on any atom is -0.468 e. The van der Waals surface area contributed by atoms with Crippen molar-refractivity contribution in [1.82, 2.24) is 19.8 Å². The van der Waals surface area contributed by atoms with Crippen LogP contribution in [0.3, 0.4) is 0 Å². The van der Waals surface area contributed by atoms with Gasteiger partial charge in [0, 0.05) is 5.75 Å². The molecule has 0 spiro atoms. The van der Waals surface area contributed by atoms with Crippen molar-refractivity contribution in [2.75, 3.05) is 26.0 Å². The average molecular weight is 381 g/mol. The predicted octanol–water partition coefficient (Wildman–Crippen LogP) is 0.546. The lowest BCUT2D eigenvalue weighted by Crippen LogP contribution is -3.14. The zero-order valence-electron chi connectivity index (χ0n) is 14.6. The number of rotatable bonds is 4. The van der Waals surface area contributed by atoms with Gasteiger partial charge in [0.05, 0.1) is 19.3 Å². The first-order valence-electron chi connectivity index (χ1n) is 8.13. The number of quaternary nitrogens is 1. The number of methoxy groups -OCH3 is 1. The molecule has 1 aromatic carbocycles. The normalized spacial score (nSPS) is 20.4. The number of carbonyl (C=O) groups excluding carboxylic acids is 1. The number of ether oxygens (including phenoxy) is 1. The van der Waals surface area contributed by atoms with Crippen LogP contribution >= 0.6 is 24.0 Å². The predicted molar refractivity (Wildman–Crippen MR) is 98.6 cm³/mol. The second-order valence-corrected chi connectivity index (χ2v) is 7.86. The fourth-order valence-corrected chi connectivity index (χ4v) is 4.32. The maximum absolute atomic E-state index is 11.8. The largest absolute Gasteiger partial charge is 0.468 e. The van der Waals surface area contributed by atoms with Crippen LogP contribution in [0.2, 0.25) is 0 Å². The minimum absolute atomic E-state index is 0.127. The third-order valence-electron chi connectivity index (χ3n) is 4.46. The van der Waals surface area contributed by atoms with Crippen LogP contribution in [0.4, 0.5) is 0 Å². The first kappa shape index (κ1) is 18.1. The standard InChI is InChI=1S/C16H21N5O2S2/c1-11-4-5-13(8-12(11)2)21-16(24)20(17-18-21)10-19-6-7-25-14(9-19)15(22)23-3/h4-5,8,14H,6-7,9-10H2,1-3H3/p+1/t14-/m0/s1. The van der Waals surface area contributed by atoms with E-state index in [9.17, 15) is 4.79 Å². The highest BCUT2D eigenvalue weighted by atomic mass is 32.2. The Morgan fingerprint density at radius 1 is 1.40 bits per heavy atom. The number of thioether (sulfide) groups is 1. The van der Waals surface area contributed by atoms with Crippen molar-refractivity contribution >= 4 is 29.9 Å². The summed E-state index contributed by atoms with van der Waals surface area (Å²) in [6.45, 7) is 6.39. The molecule has 7 nitrogen and oxygen atoms in total. The van der Waals surface area contributed by atoms with Gasteiger partial charge in [0.25, 0.3) is 0 Å². The Kier molecular flexibility index (Phi) is 5.55. The summed E-state index contributed by atoms with van der Waals surface area (Å²) >= 11 is 7.19. The molecule has 1 saturated heterocycles. The third-order valence-corrected chi connectivity index (χ3v) is 6.05. The highest BCUT2D eigenvalue weighted by Gasteiger charge is 2.30. The molecule has 25 heavy (non-hydrogen) atoms. The molecule has 0 amide bonds. The van der Waals surface area contributed by atoms with Gasteiger partial charge in [-0.1, -0.05) is 6.07 Å². The van der Waals surface area contributed by atoms with Gasteiger partial charge in [0.2, 0.25) is 4.77 Å². The third kappa shape index (κ3) is 3.94. The molecule has 1 aromatic heterocycles. The van der Waals surface area contributed by atoms with Gasteiger partial charge in [-0.25, -0.2) is 0 Å². The number of esters is 1. The Balaban J connectivity index is 1.76. The molecule has 1 N–H and O–H groups in total. The van der Waals surface area contributed by atoms with E-state index in [0.717, 1.165) is 18.0 Å². The number of nitrogens with one attached hydrogen (secondary N) is 1. The smallest absolute Gasteiger partial charge is 0.324 e. The van der Waals surface area contributed by atoms with Crippen molar-refractivity contribution in [3.63, 3.8) is 0 Å². The lowest BCUT2D eigenvalue weighted by Gasteiger charge is -2.27. The van der Waals surface area contributed by atoms with E-state index in [2.05, 4.69) is 36.4 Å². The number of carbonyl (C=O) groups is 1. The van der Waals surface area contributed by atoms with Gasteiger partial charge in [0.15, 0.2) is 11.9 Å². The van der Waals surface area contributed by atoms with Gasteiger partial charge in [-0.05, 0) is 59.8 Å². The van der Waals surface area contributed by atoms with E-state index >= 15 is 0 Å². The number of aromatic nitrogens is 4. The summed E-state index contributed by atoms with van der Waals surface area (Å²) in [5.74, 6) is 0.748. The second kappa shape index (κ2) is 7.67. The van der Waals surface area contributed by atoms with Crippen molar-refractivity contribution in [3.05, 3.63) is 34.1 Å². The van der Waals surface area contributed by atoms with Gasteiger partial charge in [-0.15, -0.1) is 11.8 Å². The molecule has 1 fully saturated rings. The van der Waals surface area contributed by atoms with E-state index in [1.54, 1.807) is 21.1 Å². The molecule has 2 aromatic rings. The molecule has 9 heteroatoms. The van der Waals surface area contributed by atoms with E-state index in [-0.39, 0.29) is 11.2 Å². The van der Waals surface area contributed by atoms with Crippen LogP contribution in [0, 0.1) is 18.6 Å². The number of benzene rings is 1. The summed E-state index contributed by atoms with van der Waals surface area (Å²) in [6, 6.07) is 6.11. The molecular formula is C16H22N5O2S2+. The number of hydrogen-bond acceptors (Lipinski definition) is 6. The Hall–Kier alpha value is -1.71. The van der Waals surface area contributed by atoms with Crippen molar-refractivity contribution in [2.24, 2.45) is 0 Å². The maximum Gasteiger partial charge on any atom is 0.324 e. The molecule has 0 aliphatic carbocycles. The van der Waals surface area contributed by atoms with Crippen molar-refractivity contribution in [2.45, 2.75) is 25.8 Å². The zero-order valence-corrected chi connectivity index (χ0v) is 16.2. The summed E-state index contributed by atoms with van der Waals surface area (Å²) in [4.78, 5) is 13.0. The minimum atomic E-state index is -0.162. The Morgan fingerprint density at radius 3 is 2.92 bits per heavy atom. The highest BCUT2D eigenvalue weighted by molar-refractivity contribution is 8.00. The van der Waals surface area contributed by atoms with E-state index in [1.807, 2.05) is 6.07 Å². The topological polar surface area (TPSA) is 66.4 Å².